The Morgan fingerprint density at radius 3 is 3.12 bits per heavy atom. The monoisotopic (exact) mass is 349 g/mol. The Kier molecular flexibility index (Phi) is 5.32. The molecule has 7 nitrogen and oxygen atoms in total. The first-order chi connectivity index (χ1) is 11.6. The molecule has 0 aromatic carbocycles. The molecular formula is C16H20ClN5O2. The van der Waals surface area contributed by atoms with Gasteiger partial charge < -0.3 is 15.4 Å². The van der Waals surface area contributed by atoms with E-state index in [0.717, 1.165) is 18.4 Å². The highest BCUT2D eigenvalue weighted by Gasteiger charge is 2.24. The van der Waals surface area contributed by atoms with Crippen LogP contribution in [0.15, 0.2) is 30.7 Å². The summed E-state index contributed by atoms with van der Waals surface area (Å²) in [4.78, 5) is 18.2. The number of aryl methyl sites for hydroxylation is 1. The lowest BCUT2D eigenvalue weighted by Crippen LogP contribution is -2.46. The molecule has 1 saturated heterocycles. The first-order valence-corrected chi connectivity index (χ1v) is 8.25. The number of amides is 1. The molecule has 2 N–H and O–H groups in total. The zero-order valence-electron chi connectivity index (χ0n) is 13.3. The highest BCUT2D eigenvalue weighted by molar-refractivity contribution is 6.30. The van der Waals surface area contributed by atoms with E-state index in [0.29, 0.717) is 30.5 Å². The van der Waals surface area contributed by atoms with Crippen LogP contribution in [0, 0.1) is 0 Å². The second kappa shape index (κ2) is 7.63. The summed E-state index contributed by atoms with van der Waals surface area (Å²) in [7, 11) is 0. The van der Waals surface area contributed by atoms with Crippen LogP contribution in [0.25, 0.3) is 0 Å². The van der Waals surface area contributed by atoms with Gasteiger partial charge in [0.15, 0.2) is 0 Å². The smallest absolute Gasteiger partial charge is 0.244 e. The summed E-state index contributed by atoms with van der Waals surface area (Å²) in [5.74, 6) is 0.544. The van der Waals surface area contributed by atoms with Crippen molar-refractivity contribution >= 4 is 23.3 Å². The molecule has 0 spiro atoms. The number of halogens is 1. The topological polar surface area (TPSA) is 86.3 Å². The molecule has 0 saturated carbocycles. The van der Waals surface area contributed by atoms with E-state index >= 15 is 0 Å². The molecule has 3 heterocycles. The zero-order chi connectivity index (χ0) is 16.9. The highest BCUT2D eigenvalue weighted by atomic mass is 35.5. The number of pyridine rings is 1. The van der Waals surface area contributed by atoms with E-state index in [9.17, 15) is 4.79 Å². The minimum atomic E-state index is 0.0243. The summed E-state index contributed by atoms with van der Waals surface area (Å²) >= 11 is 5.82. The van der Waals surface area contributed by atoms with E-state index in [2.05, 4.69) is 10.1 Å². The van der Waals surface area contributed by atoms with Crippen LogP contribution in [0.1, 0.15) is 12.0 Å². The number of hydrogen-bond acceptors (Lipinski definition) is 5. The fraction of sp³-hybridized carbons (Fsp3) is 0.438. The average Bonchev–Trinajstić information content (AvgIpc) is 2.98. The maximum Gasteiger partial charge on any atom is 0.244 e. The summed E-state index contributed by atoms with van der Waals surface area (Å²) in [6, 6.07) is 3.82. The van der Waals surface area contributed by atoms with Crippen molar-refractivity contribution in [2.24, 2.45) is 0 Å². The predicted molar refractivity (Wildman–Crippen MR) is 90.5 cm³/mol. The fourth-order valence-electron chi connectivity index (χ4n) is 2.76. The minimum absolute atomic E-state index is 0.0243. The average molecular weight is 350 g/mol. The van der Waals surface area contributed by atoms with Crippen LogP contribution in [-0.2, 0) is 22.5 Å². The van der Waals surface area contributed by atoms with Crippen LogP contribution in [0.5, 0.6) is 0 Å². The lowest BCUT2D eigenvalue weighted by molar-refractivity contribution is -0.139. The minimum Gasteiger partial charge on any atom is -0.384 e. The number of morpholine rings is 1. The quantitative estimate of drug-likeness (QED) is 0.881. The van der Waals surface area contributed by atoms with Gasteiger partial charge in [0, 0.05) is 25.5 Å². The number of carbonyl (C=O) groups excluding carboxylic acids is 1. The number of nitrogens with two attached hydrogens (primary N) is 1. The zero-order valence-corrected chi connectivity index (χ0v) is 14.0. The fourth-order valence-corrected chi connectivity index (χ4v) is 2.92. The lowest BCUT2D eigenvalue weighted by Gasteiger charge is -2.33. The van der Waals surface area contributed by atoms with Crippen molar-refractivity contribution in [2.75, 3.05) is 25.4 Å². The van der Waals surface area contributed by atoms with Crippen LogP contribution in [0.4, 0.5) is 5.82 Å². The van der Waals surface area contributed by atoms with Gasteiger partial charge in [-0.1, -0.05) is 11.6 Å². The number of hydrogen-bond donors (Lipinski definition) is 1. The normalized spacial score (nSPS) is 17.9. The Balaban J connectivity index is 1.51. The lowest BCUT2D eigenvalue weighted by atomic mass is 10.1. The van der Waals surface area contributed by atoms with Crippen LogP contribution < -0.4 is 5.73 Å². The van der Waals surface area contributed by atoms with Crippen molar-refractivity contribution in [3.63, 3.8) is 0 Å². The molecule has 0 unspecified atom stereocenters. The van der Waals surface area contributed by atoms with E-state index in [-0.39, 0.29) is 18.6 Å². The first-order valence-electron chi connectivity index (χ1n) is 7.88. The summed E-state index contributed by atoms with van der Waals surface area (Å²) in [6.07, 6.45) is 6.58. The molecule has 24 heavy (non-hydrogen) atoms. The number of ether oxygens (including phenoxy) is 1. The Hall–Kier alpha value is -2.12. The molecule has 1 fully saturated rings. The predicted octanol–water partition coefficient (Wildman–Crippen LogP) is 1.37. The number of nitrogens with zero attached hydrogens (tertiary/aromatic N) is 4. The maximum atomic E-state index is 12.4. The molecule has 2 aromatic rings. The van der Waals surface area contributed by atoms with E-state index in [1.807, 2.05) is 17.0 Å². The number of carbonyl (C=O) groups is 1. The third-order valence-electron chi connectivity index (χ3n) is 3.99. The SMILES string of the molecule is Nc1cc(CC[C@H]2CN(C(=O)Cn3cc(Cl)cn3)CCO2)ccn1. The van der Waals surface area contributed by atoms with Gasteiger partial charge in [0.2, 0.25) is 5.91 Å². The van der Waals surface area contributed by atoms with Gasteiger partial charge in [-0.3, -0.25) is 9.48 Å². The van der Waals surface area contributed by atoms with Gasteiger partial charge in [0.05, 0.1) is 23.9 Å². The molecule has 128 valence electrons. The second-order valence-corrected chi connectivity index (χ2v) is 6.25. The largest absolute Gasteiger partial charge is 0.384 e. The molecule has 1 aliphatic rings. The summed E-state index contributed by atoms with van der Waals surface area (Å²) in [5.41, 5.74) is 6.82. The highest BCUT2D eigenvalue weighted by Crippen LogP contribution is 2.14. The molecule has 0 radical (unpaired) electrons. The van der Waals surface area contributed by atoms with Crippen molar-refractivity contribution in [1.82, 2.24) is 19.7 Å². The van der Waals surface area contributed by atoms with E-state index in [1.165, 1.54) is 6.20 Å². The van der Waals surface area contributed by atoms with E-state index < -0.39 is 0 Å². The molecule has 8 heteroatoms. The van der Waals surface area contributed by atoms with Crippen molar-refractivity contribution in [2.45, 2.75) is 25.5 Å². The van der Waals surface area contributed by atoms with Gasteiger partial charge in [-0.05, 0) is 30.5 Å². The third kappa shape index (κ3) is 4.46. The second-order valence-electron chi connectivity index (χ2n) is 5.82. The standard InChI is InChI=1S/C16H20ClN5O2/c17-13-8-20-22(9-13)11-16(23)21-5-6-24-14(10-21)2-1-12-3-4-19-15(18)7-12/h3-4,7-9,14H,1-2,5-6,10-11H2,(H2,18,19)/t14-/m0/s1. The summed E-state index contributed by atoms with van der Waals surface area (Å²) < 4.78 is 7.33. The molecule has 0 aliphatic carbocycles. The number of rotatable bonds is 5. The van der Waals surface area contributed by atoms with Crippen molar-refractivity contribution in [1.29, 1.82) is 0 Å². The molecule has 0 bridgehead atoms. The molecule has 1 amide bonds. The van der Waals surface area contributed by atoms with Gasteiger partial charge in [-0.25, -0.2) is 4.98 Å². The number of aromatic nitrogens is 3. The van der Waals surface area contributed by atoms with Gasteiger partial charge >= 0.3 is 0 Å². The Morgan fingerprint density at radius 2 is 2.38 bits per heavy atom. The van der Waals surface area contributed by atoms with Crippen LogP contribution in [0.3, 0.4) is 0 Å². The van der Waals surface area contributed by atoms with Crippen LogP contribution in [0.2, 0.25) is 5.02 Å². The molecule has 1 aliphatic heterocycles. The first kappa shape index (κ1) is 16.7. The Bertz CT molecular complexity index is 705. The van der Waals surface area contributed by atoms with Crippen LogP contribution in [-0.4, -0.2) is 51.4 Å². The van der Waals surface area contributed by atoms with Crippen molar-refractivity contribution in [3.8, 4) is 0 Å². The van der Waals surface area contributed by atoms with Crippen molar-refractivity contribution < 1.29 is 9.53 Å². The summed E-state index contributed by atoms with van der Waals surface area (Å²) in [5, 5.41) is 4.57. The molecule has 3 rings (SSSR count). The Morgan fingerprint density at radius 1 is 1.50 bits per heavy atom. The number of nitrogen functional groups attached to an aromatic ring is 1. The van der Waals surface area contributed by atoms with Gasteiger partial charge in [0.1, 0.15) is 12.4 Å². The van der Waals surface area contributed by atoms with Gasteiger partial charge in [-0.15, -0.1) is 0 Å². The van der Waals surface area contributed by atoms with E-state index in [1.54, 1.807) is 17.1 Å². The van der Waals surface area contributed by atoms with Gasteiger partial charge in [0.25, 0.3) is 0 Å². The third-order valence-corrected chi connectivity index (χ3v) is 4.19. The number of anilines is 1. The molecule has 2 aromatic heterocycles. The Labute approximate surface area is 145 Å². The molecule has 1 atom stereocenters. The molecular weight excluding hydrogens is 330 g/mol. The van der Waals surface area contributed by atoms with Crippen molar-refractivity contribution in [3.05, 3.63) is 41.3 Å². The summed E-state index contributed by atoms with van der Waals surface area (Å²) in [6.45, 7) is 1.94. The maximum absolute atomic E-state index is 12.4. The van der Waals surface area contributed by atoms with Gasteiger partial charge in [-0.2, -0.15) is 5.10 Å². The van der Waals surface area contributed by atoms with E-state index in [4.69, 9.17) is 22.1 Å². The van der Waals surface area contributed by atoms with Crippen LogP contribution >= 0.6 is 11.6 Å².